The van der Waals surface area contributed by atoms with Crippen LogP contribution in [0.25, 0.3) is 0 Å². The highest BCUT2D eigenvalue weighted by Crippen LogP contribution is 2.48. The third kappa shape index (κ3) is 2.02. The Morgan fingerprint density at radius 2 is 2.12 bits per heavy atom. The molecule has 1 aliphatic carbocycles. The highest BCUT2D eigenvalue weighted by Gasteiger charge is 2.43. The van der Waals surface area contributed by atoms with Crippen LogP contribution in [0.15, 0.2) is 11.6 Å². The van der Waals surface area contributed by atoms with Gasteiger partial charge in [-0.05, 0) is 58.3 Å². The lowest BCUT2D eigenvalue weighted by Gasteiger charge is -2.51. The van der Waals surface area contributed by atoms with Crippen molar-refractivity contribution in [1.82, 2.24) is 4.90 Å². The van der Waals surface area contributed by atoms with Crippen molar-refractivity contribution in [2.45, 2.75) is 58.4 Å². The van der Waals surface area contributed by atoms with Crippen LogP contribution < -0.4 is 0 Å². The summed E-state index contributed by atoms with van der Waals surface area (Å²) in [5, 5.41) is 0. The van der Waals surface area contributed by atoms with Crippen molar-refractivity contribution in [1.29, 1.82) is 0 Å². The summed E-state index contributed by atoms with van der Waals surface area (Å²) in [4.78, 5) is 13.0. The van der Waals surface area contributed by atoms with Gasteiger partial charge in [-0.25, -0.2) is 0 Å². The maximum absolute atomic E-state index is 11.0. The Balaban J connectivity index is 2.13. The number of carbonyl (C=O) groups is 1. The number of amides is 1. The molecule has 16 heavy (non-hydrogen) atoms. The first-order valence-corrected chi connectivity index (χ1v) is 6.35. The number of piperidine rings is 1. The summed E-state index contributed by atoms with van der Waals surface area (Å²) in [5.74, 6) is 0. The van der Waals surface area contributed by atoms with Gasteiger partial charge in [0.05, 0.1) is 0 Å². The van der Waals surface area contributed by atoms with E-state index in [-0.39, 0.29) is 5.54 Å². The van der Waals surface area contributed by atoms with Gasteiger partial charge in [0.1, 0.15) is 0 Å². The molecule has 2 rings (SSSR count). The molecule has 0 aromatic carbocycles. The Morgan fingerprint density at radius 1 is 1.38 bits per heavy atom. The van der Waals surface area contributed by atoms with Crippen LogP contribution in [0.2, 0.25) is 0 Å². The van der Waals surface area contributed by atoms with Gasteiger partial charge in [0.15, 0.2) is 0 Å². The third-order valence-corrected chi connectivity index (χ3v) is 4.53. The first-order chi connectivity index (χ1) is 7.47. The minimum atomic E-state index is 0.0408. The number of hydrogen-bond donors (Lipinski definition) is 0. The smallest absolute Gasteiger partial charge is 0.210 e. The summed E-state index contributed by atoms with van der Waals surface area (Å²) in [7, 11) is 0. The number of likely N-dealkylation sites (tertiary alicyclic amines) is 1. The van der Waals surface area contributed by atoms with Crippen molar-refractivity contribution in [2.24, 2.45) is 5.41 Å². The Morgan fingerprint density at radius 3 is 2.62 bits per heavy atom. The van der Waals surface area contributed by atoms with E-state index in [0.29, 0.717) is 5.41 Å². The molecule has 0 aromatic rings. The standard InChI is InChI=1S/C14H23NO/c1-12-4-6-14(7-5-12)8-9-15(11-16)13(2,3)10-14/h4,11H,5-10H2,1-3H3. The predicted molar refractivity (Wildman–Crippen MR) is 66.1 cm³/mol. The Bertz CT molecular complexity index is 319. The van der Waals surface area contributed by atoms with Crippen LogP contribution in [0, 0.1) is 5.41 Å². The van der Waals surface area contributed by atoms with E-state index in [0.717, 1.165) is 19.4 Å². The largest absolute Gasteiger partial charge is 0.340 e. The average Bonchev–Trinajstić information content (AvgIpc) is 2.22. The van der Waals surface area contributed by atoms with Crippen molar-refractivity contribution < 1.29 is 4.79 Å². The van der Waals surface area contributed by atoms with Crippen molar-refractivity contribution in [3.63, 3.8) is 0 Å². The molecule has 0 N–H and O–H groups in total. The second kappa shape index (κ2) is 3.90. The fourth-order valence-corrected chi connectivity index (χ4v) is 3.41. The van der Waals surface area contributed by atoms with Gasteiger partial charge in [-0.2, -0.15) is 0 Å². The molecule has 1 aliphatic heterocycles. The normalized spacial score (nSPS) is 33.7. The van der Waals surface area contributed by atoms with E-state index in [4.69, 9.17) is 0 Å². The molecule has 0 aromatic heterocycles. The lowest BCUT2D eigenvalue weighted by Crippen LogP contribution is -2.53. The fourth-order valence-electron chi connectivity index (χ4n) is 3.41. The Labute approximate surface area is 98.7 Å². The zero-order valence-electron chi connectivity index (χ0n) is 10.8. The van der Waals surface area contributed by atoms with E-state index in [9.17, 15) is 4.79 Å². The first kappa shape index (κ1) is 11.7. The van der Waals surface area contributed by atoms with Gasteiger partial charge in [0.25, 0.3) is 0 Å². The highest BCUT2D eigenvalue weighted by molar-refractivity contribution is 5.49. The molecule has 1 fully saturated rings. The molecular formula is C14H23NO. The molecule has 1 atom stereocenters. The van der Waals surface area contributed by atoms with Gasteiger partial charge in [-0.15, -0.1) is 0 Å². The number of allylic oxidation sites excluding steroid dienone is 2. The van der Waals surface area contributed by atoms with Gasteiger partial charge >= 0.3 is 0 Å². The Hall–Kier alpha value is -0.790. The fraction of sp³-hybridized carbons (Fsp3) is 0.786. The number of carbonyl (C=O) groups excluding carboxylic acids is 1. The van der Waals surface area contributed by atoms with Crippen LogP contribution in [-0.2, 0) is 4.79 Å². The zero-order valence-corrected chi connectivity index (χ0v) is 10.8. The van der Waals surface area contributed by atoms with E-state index in [2.05, 4.69) is 26.8 Å². The van der Waals surface area contributed by atoms with Crippen LogP contribution in [0.1, 0.15) is 52.9 Å². The first-order valence-electron chi connectivity index (χ1n) is 6.35. The SMILES string of the molecule is CC1=CCC2(CC1)CCN(C=O)C(C)(C)C2. The minimum Gasteiger partial charge on any atom is -0.340 e. The van der Waals surface area contributed by atoms with E-state index in [1.165, 1.54) is 25.7 Å². The monoisotopic (exact) mass is 221 g/mol. The van der Waals surface area contributed by atoms with E-state index < -0.39 is 0 Å². The molecule has 0 radical (unpaired) electrons. The van der Waals surface area contributed by atoms with E-state index in [1.54, 1.807) is 5.57 Å². The maximum atomic E-state index is 11.0. The van der Waals surface area contributed by atoms with Gasteiger partial charge in [-0.1, -0.05) is 11.6 Å². The summed E-state index contributed by atoms with van der Waals surface area (Å²) in [6.07, 6.45) is 9.55. The van der Waals surface area contributed by atoms with Crippen molar-refractivity contribution in [3.05, 3.63) is 11.6 Å². The quantitative estimate of drug-likeness (QED) is 0.492. The number of rotatable bonds is 1. The summed E-state index contributed by atoms with van der Waals surface area (Å²) >= 11 is 0. The van der Waals surface area contributed by atoms with Gasteiger partial charge in [-0.3, -0.25) is 4.79 Å². The molecular weight excluding hydrogens is 198 g/mol. The number of hydrogen-bond acceptors (Lipinski definition) is 1. The van der Waals surface area contributed by atoms with Crippen molar-refractivity contribution in [2.75, 3.05) is 6.54 Å². The zero-order chi connectivity index (χ0) is 11.8. The van der Waals surface area contributed by atoms with Gasteiger partial charge < -0.3 is 4.90 Å². The molecule has 0 bridgehead atoms. The van der Waals surface area contributed by atoms with Crippen molar-refractivity contribution >= 4 is 6.41 Å². The lowest BCUT2D eigenvalue weighted by atomic mass is 9.64. The maximum Gasteiger partial charge on any atom is 0.210 e. The lowest BCUT2D eigenvalue weighted by molar-refractivity contribution is -0.128. The molecule has 2 nitrogen and oxygen atoms in total. The second-order valence-electron chi connectivity index (χ2n) is 6.29. The highest BCUT2D eigenvalue weighted by atomic mass is 16.1. The van der Waals surface area contributed by atoms with Gasteiger partial charge in [0.2, 0.25) is 6.41 Å². The minimum absolute atomic E-state index is 0.0408. The Kier molecular flexibility index (Phi) is 2.85. The third-order valence-electron chi connectivity index (χ3n) is 4.53. The van der Waals surface area contributed by atoms with Crippen molar-refractivity contribution in [3.8, 4) is 0 Å². The molecule has 1 unspecified atom stereocenters. The summed E-state index contributed by atoms with van der Waals surface area (Å²) in [6.45, 7) is 7.57. The molecule has 1 amide bonds. The van der Waals surface area contributed by atoms with Crippen LogP contribution >= 0.6 is 0 Å². The average molecular weight is 221 g/mol. The molecule has 90 valence electrons. The molecule has 0 saturated carbocycles. The predicted octanol–water partition coefficient (Wildman–Crippen LogP) is 3.13. The summed E-state index contributed by atoms with van der Waals surface area (Å²) < 4.78 is 0. The van der Waals surface area contributed by atoms with Crippen LogP contribution in [-0.4, -0.2) is 23.4 Å². The van der Waals surface area contributed by atoms with Gasteiger partial charge in [0, 0.05) is 12.1 Å². The molecule has 1 spiro atoms. The topological polar surface area (TPSA) is 20.3 Å². The van der Waals surface area contributed by atoms with E-state index in [1.807, 2.05) is 4.90 Å². The summed E-state index contributed by atoms with van der Waals surface area (Å²) in [6, 6.07) is 0. The molecule has 1 heterocycles. The van der Waals surface area contributed by atoms with Crippen LogP contribution in [0.4, 0.5) is 0 Å². The molecule has 1 saturated heterocycles. The number of nitrogens with zero attached hydrogens (tertiary/aromatic N) is 1. The molecule has 2 aliphatic rings. The second-order valence-corrected chi connectivity index (χ2v) is 6.29. The molecule has 2 heteroatoms. The van der Waals surface area contributed by atoms with Crippen LogP contribution in [0.5, 0.6) is 0 Å². The summed E-state index contributed by atoms with van der Waals surface area (Å²) in [5.41, 5.74) is 2.06. The van der Waals surface area contributed by atoms with E-state index >= 15 is 0 Å². The van der Waals surface area contributed by atoms with Crippen LogP contribution in [0.3, 0.4) is 0 Å².